The van der Waals surface area contributed by atoms with E-state index in [2.05, 4.69) is 17.6 Å². The molecule has 3 aromatic carbocycles. The summed E-state index contributed by atoms with van der Waals surface area (Å²) < 4.78 is 5.75. The third kappa shape index (κ3) is 4.78. The number of carbonyl (C=O) groups is 2. The second-order valence-corrected chi connectivity index (χ2v) is 7.73. The third-order valence-electron chi connectivity index (χ3n) is 5.06. The maximum atomic E-state index is 12.6. The maximum absolute atomic E-state index is 12.6. The van der Waals surface area contributed by atoms with Crippen LogP contribution in [0.3, 0.4) is 0 Å². The Balaban J connectivity index is 1.46. The van der Waals surface area contributed by atoms with E-state index in [1.165, 1.54) is 0 Å². The van der Waals surface area contributed by atoms with Gasteiger partial charge in [-0.3, -0.25) is 9.59 Å². The molecule has 3 aromatic rings. The summed E-state index contributed by atoms with van der Waals surface area (Å²) in [5, 5.41) is 6.25. The Morgan fingerprint density at radius 1 is 1.10 bits per heavy atom. The van der Waals surface area contributed by atoms with E-state index in [0.29, 0.717) is 34.1 Å². The molecule has 5 nitrogen and oxygen atoms in total. The van der Waals surface area contributed by atoms with Gasteiger partial charge < -0.3 is 15.4 Å². The molecule has 0 saturated carbocycles. The summed E-state index contributed by atoms with van der Waals surface area (Å²) in [6.45, 7) is 2.57. The molecular weight excluding hydrogens is 412 g/mol. The van der Waals surface area contributed by atoms with Gasteiger partial charge in [-0.05, 0) is 47.4 Å². The number of benzene rings is 3. The molecule has 0 saturated heterocycles. The van der Waals surface area contributed by atoms with E-state index in [9.17, 15) is 9.59 Å². The molecule has 1 heterocycles. The van der Waals surface area contributed by atoms with Crippen LogP contribution in [0, 0.1) is 0 Å². The van der Waals surface area contributed by atoms with E-state index < -0.39 is 5.91 Å². The topological polar surface area (TPSA) is 67.4 Å². The Morgan fingerprint density at radius 2 is 1.84 bits per heavy atom. The number of amides is 2. The van der Waals surface area contributed by atoms with E-state index in [-0.39, 0.29) is 17.6 Å². The van der Waals surface area contributed by atoms with Crippen molar-refractivity contribution in [3.63, 3.8) is 0 Å². The SMILES string of the molecule is CC(CNC(=O)c1ccc2c(c1)NC(=O)C(=Cc1ccccc1Cl)O2)c1ccccc1. The minimum atomic E-state index is -0.400. The first-order chi connectivity index (χ1) is 15.0. The van der Waals surface area contributed by atoms with Gasteiger partial charge in [-0.1, -0.05) is 67.1 Å². The van der Waals surface area contributed by atoms with Crippen molar-refractivity contribution >= 4 is 35.2 Å². The van der Waals surface area contributed by atoms with E-state index in [4.69, 9.17) is 16.3 Å². The number of hydrogen-bond acceptors (Lipinski definition) is 3. The highest BCUT2D eigenvalue weighted by molar-refractivity contribution is 6.32. The lowest BCUT2D eigenvalue weighted by Gasteiger charge is -2.21. The average Bonchev–Trinajstić information content (AvgIpc) is 2.79. The molecule has 1 unspecified atom stereocenters. The first-order valence-electron chi connectivity index (χ1n) is 9.94. The molecule has 6 heteroatoms. The molecule has 0 fully saturated rings. The van der Waals surface area contributed by atoms with E-state index in [1.807, 2.05) is 42.5 Å². The fraction of sp³-hybridized carbons (Fsp3) is 0.120. The molecule has 0 bridgehead atoms. The van der Waals surface area contributed by atoms with E-state index in [0.717, 1.165) is 5.56 Å². The molecular formula is C25H21ClN2O3. The highest BCUT2D eigenvalue weighted by Crippen LogP contribution is 2.33. The number of nitrogens with one attached hydrogen (secondary N) is 2. The van der Waals surface area contributed by atoms with Crippen LogP contribution in [0.4, 0.5) is 5.69 Å². The largest absolute Gasteiger partial charge is 0.449 e. The van der Waals surface area contributed by atoms with Gasteiger partial charge in [0, 0.05) is 17.1 Å². The number of fused-ring (bicyclic) bond motifs is 1. The molecule has 2 amide bonds. The zero-order valence-corrected chi connectivity index (χ0v) is 17.6. The van der Waals surface area contributed by atoms with Crippen molar-refractivity contribution in [2.45, 2.75) is 12.8 Å². The number of ether oxygens (including phenoxy) is 1. The van der Waals surface area contributed by atoms with Crippen molar-refractivity contribution in [1.29, 1.82) is 0 Å². The van der Waals surface area contributed by atoms with Gasteiger partial charge in [0.2, 0.25) is 0 Å². The number of halogens is 1. The highest BCUT2D eigenvalue weighted by atomic mass is 35.5. The van der Waals surface area contributed by atoms with Crippen LogP contribution in [0.2, 0.25) is 5.02 Å². The van der Waals surface area contributed by atoms with E-state index in [1.54, 1.807) is 36.4 Å². The molecule has 0 radical (unpaired) electrons. The zero-order valence-electron chi connectivity index (χ0n) is 16.9. The Hall–Kier alpha value is -3.57. The Morgan fingerprint density at radius 3 is 2.61 bits per heavy atom. The standard InChI is InChI=1S/C25H21ClN2O3/c1-16(17-7-3-2-4-8-17)15-27-24(29)19-11-12-22-21(13-19)28-25(30)23(31-22)14-18-9-5-6-10-20(18)26/h2-14,16H,15H2,1H3,(H,27,29)(H,28,30). The summed E-state index contributed by atoms with van der Waals surface area (Å²) in [5.41, 5.74) is 2.74. The molecule has 1 aliphatic heterocycles. The van der Waals surface area contributed by atoms with E-state index >= 15 is 0 Å². The summed E-state index contributed by atoms with van der Waals surface area (Å²) in [6.07, 6.45) is 1.59. The molecule has 2 N–H and O–H groups in total. The minimum absolute atomic E-state index is 0.134. The van der Waals surface area contributed by atoms with Gasteiger partial charge in [0.15, 0.2) is 11.5 Å². The molecule has 1 aliphatic rings. The van der Waals surface area contributed by atoms with Crippen LogP contribution in [-0.2, 0) is 4.79 Å². The molecule has 0 aliphatic carbocycles. The third-order valence-corrected chi connectivity index (χ3v) is 5.41. The molecule has 0 aromatic heterocycles. The maximum Gasteiger partial charge on any atom is 0.291 e. The Kier molecular flexibility index (Phi) is 6.05. The van der Waals surface area contributed by atoms with Crippen molar-refractivity contribution in [3.8, 4) is 5.75 Å². The molecule has 31 heavy (non-hydrogen) atoms. The fourth-order valence-corrected chi connectivity index (χ4v) is 3.47. The minimum Gasteiger partial charge on any atom is -0.449 e. The van der Waals surface area contributed by atoms with Crippen LogP contribution in [-0.4, -0.2) is 18.4 Å². The predicted octanol–water partition coefficient (Wildman–Crippen LogP) is 5.25. The lowest BCUT2D eigenvalue weighted by molar-refractivity contribution is -0.115. The van der Waals surface area contributed by atoms with Crippen molar-refractivity contribution in [1.82, 2.24) is 5.32 Å². The zero-order chi connectivity index (χ0) is 21.8. The number of hydrogen-bond donors (Lipinski definition) is 2. The Labute approximate surface area is 185 Å². The molecule has 0 spiro atoms. The molecule has 156 valence electrons. The lowest BCUT2D eigenvalue weighted by Crippen LogP contribution is -2.28. The molecule has 4 rings (SSSR count). The van der Waals surface area contributed by atoms with Crippen LogP contribution >= 0.6 is 11.6 Å². The summed E-state index contributed by atoms with van der Waals surface area (Å²) in [4.78, 5) is 25.1. The van der Waals surface area contributed by atoms with Gasteiger partial charge in [0.1, 0.15) is 0 Å². The second kappa shape index (κ2) is 9.06. The predicted molar refractivity (Wildman–Crippen MR) is 122 cm³/mol. The fourth-order valence-electron chi connectivity index (χ4n) is 3.28. The second-order valence-electron chi connectivity index (χ2n) is 7.32. The van der Waals surface area contributed by atoms with Gasteiger partial charge in [0.25, 0.3) is 11.8 Å². The van der Waals surface area contributed by atoms with Crippen LogP contribution < -0.4 is 15.4 Å². The van der Waals surface area contributed by atoms with Gasteiger partial charge in [-0.15, -0.1) is 0 Å². The quantitative estimate of drug-likeness (QED) is 0.541. The summed E-state index contributed by atoms with van der Waals surface area (Å²) in [7, 11) is 0. The van der Waals surface area contributed by atoms with Crippen molar-refractivity contribution in [3.05, 3.63) is 100 Å². The van der Waals surface area contributed by atoms with Gasteiger partial charge >= 0.3 is 0 Å². The van der Waals surface area contributed by atoms with Crippen molar-refractivity contribution in [2.75, 3.05) is 11.9 Å². The first kappa shape index (κ1) is 20.7. The molecule has 1 atom stereocenters. The van der Waals surface area contributed by atoms with Crippen LogP contribution in [0.5, 0.6) is 5.75 Å². The smallest absolute Gasteiger partial charge is 0.291 e. The van der Waals surface area contributed by atoms with Gasteiger partial charge in [-0.25, -0.2) is 0 Å². The van der Waals surface area contributed by atoms with Crippen molar-refractivity contribution < 1.29 is 14.3 Å². The monoisotopic (exact) mass is 432 g/mol. The highest BCUT2D eigenvalue weighted by Gasteiger charge is 2.23. The van der Waals surface area contributed by atoms with Crippen molar-refractivity contribution in [2.24, 2.45) is 0 Å². The summed E-state index contributed by atoms with van der Waals surface area (Å²) in [5.74, 6) is 0.171. The van der Waals surface area contributed by atoms with Gasteiger partial charge in [-0.2, -0.15) is 0 Å². The summed E-state index contributed by atoms with van der Waals surface area (Å²) in [6, 6.07) is 22.1. The van der Waals surface area contributed by atoms with Crippen LogP contribution in [0.25, 0.3) is 6.08 Å². The lowest BCUT2D eigenvalue weighted by atomic mass is 10.0. The first-order valence-corrected chi connectivity index (χ1v) is 10.3. The number of anilines is 1. The van der Waals surface area contributed by atoms with Crippen LogP contribution in [0.1, 0.15) is 34.3 Å². The average molecular weight is 433 g/mol. The van der Waals surface area contributed by atoms with Crippen LogP contribution in [0.15, 0.2) is 78.6 Å². The normalized spacial score (nSPS) is 14.9. The summed E-state index contributed by atoms with van der Waals surface area (Å²) >= 11 is 6.16. The Bertz CT molecular complexity index is 1160. The number of rotatable bonds is 5. The van der Waals surface area contributed by atoms with Gasteiger partial charge in [0.05, 0.1) is 5.69 Å². The number of carbonyl (C=O) groups excluding carboxylic acids is 2.